The molecule has 1 aromatic rings. The molecule has 2 atom stereocenters. The van der Waals surface area contributed by atoms with E-state index in [0.29, 0.717) is 12.5 Å². The van der Waals surface area contributed by atoms with Crippen LogP contribution in [-0.2, 0) is 0 Å². The highest BCUT2D eigenvalue weighted by Crippen LogP contribution is 2.37. The Morgan fingerprint density at radius 3 is 2.73 bits per heavy atom. The lowest BCUT2D eigenvalue weighted by Crippen LogP contribution is -2.53. The minimum Gasteiger partial charge on any atom is -0.396 e. The molecule has 124 valence electrons. The van der Waals surface area contributed by atoms with Crippen LogP contribution in [0.25, 0.3) is 0 Å². The first-order valence-corrected chi connectivity index (χ1v) is 7.98. The maximum atomic E-state index is 10.5. The number of hydrogen-bond acceptors (Lipinski definition) is 6. The zero-order valence-electron chi connectivity index (χ0n) is 14.1. The molecule has 0 amide bonds. The van der Waals surface area contributed by atoms with E-state index < -0.39 is 6.10 Å². The summed E-state index contributed by atoms with van der Waals surface area (Å²) in [5.41, 5.74) is 0.655. The predicted octanol–water partition coefficient (Wildman–Crippen LogP) is 1.20. The summed E-state index contributed by atoms with van der Waals surface area (Å²) in [6.07, 6.45) is 3.83. The Kier molecular flexibility index (Phi) is 5.24. The van der Waals surface area contributed by atoms with Crippen molar-refractivity contribution in [3.05, 3.63) is 11.8 Å². The van der Waals surface area contributed by atoms with E-state index in [1.165, 1.54) is 0 Å². The van der Waals surface area contributed by atoms with Crippen LogP contribution in [0.3, 0.4) is 0 Å². The minimum atomic E-state index is -0.557. The first kappa shape index (κ1) is 17.0. The van der Waals surface area contributed by atoms with E-state index in [9.17, 15) is 10.2 Å². The maximum absolute atomic E-state index is 10.5. The topological polar surface area (TPSA) is 72.7 Å². The summed E-state index contributed by atoms with van der Waals surface area (Å²) in [7, 11) is 3.92. The van der Waals surface area contributed by atoms with Gasteiger partial charge in [-0.1, -0.05) is 13.3 Å². The van der Waals surface area contributed by atoms with Gasteiger partial charge in [0.2, 0.25) is 5.95 Å². The van der Waals surface area contributed by atoms with E-state index >= 15 is 0 Å². The molecule has 2 N–H and O–H groups in total. The Labute approximate surface area is 132 Å². The molecular weight excluding hydrogens is 280 g/mol. The first-order valence-electron chi connectivity index (χ1n) is 7.98. The van der Waals surface area contributed by atoms with Crippen molar-refractivity contribution in [3.8, 4) is 0 Å². The third-order valence-corrected chi connectivity index (χ3v) is 4.68. The van der Waals surface area contributed by atoms with Gasteiger partial charge in [-0.05, 0) is 19.8 Å². The van der Waals surface area contributed by atoms with Crippen LogP contribution < -0.4 is 9.80 Å². The van der Waals surface area contributed by atoms with Crippen LogP contribution in [-0.4, -0.2) is 60.1 Å². The molecule has 0 bridgehead atoms. The van der Waals surface area contributed by atoms with Crippen LogP contribution in [0.5, 0.6) is 0 Å². The van der Waals surface area contributed by atoms with E-state index in [-0.39, 0.29) is 12.0 Å². The van der Waals surface area contributed by atoms with Gasteiger partial charge in [0.15, 0.2) is 0 Å². The fourth-order valence-corrected chi connectivity index (χ4v) is 3.28. The number of hydrogen-bond donors (Lipinski definition) is 2. The van der Waals surface area contributed by atoms with Crippen molar-refractivity contribution in [1.29, 1.82) is 0 Å². The second-order valence-electron chi connectivity index (χ2n) is 6.55. The molecule has 0 aliphatic carbocycles. The third-order valence-electron chi connectivity index (χ3n) is 4.68. The normalized spacial score (nSPS) is 25.4. The molecule has 0 spiro atoms. The molecule has 1 aliphatic rings. The molecule has 1 saturated heterocycles. The number of β-amino-alcohol motifs (C(OH)–C–C–N with tert-alkyl or cyclic N) is 1. The standard InChI is InChI=1S/C16H28N4O2/c1-5-6-16(11-21)7-8-20(10-13(16)22)15-17-9-12(2)14(18-15)19(3)4/h9,13,21-22H,5-8,10-11H2,1-4H3/t13-,16+/m0/s1. The van der Waals surface area contributed by atoms with Gasteiger partial charge in [0.05, 0.1) is 12.7 Å². The van der Waals surface area contributed by atoms with Crippen LogP contribution in [0.4, 0.5) is 11.8 Å². The van der Waals surface area contributed by atoms with Crippen molar-refractivity contribution < 1.29 is 10.2 Å². The number of aliphatic hydroxyl groups excluding tert-OH is 2. The van der Waals surface area contributed by atoms with Crippen molar-refractivity contribution in [2.45, 2.75) is 39.2 Å². The Morgan fingerprint density at radius 1 is 1.45 bits per heavy atom. The lowest BCUT2D eigenvalue weighted by molar-refractivity contribution is -0.0373. The number of nitrogens with zero attached hydrogens (tertiary/aromatic N) is 4. The van der Waals surface area contributed by atoms with Crippen LogP contribution >= 0.6 is 0 Å². The highest BCUT2D eigenvalue weighted by Gasteiger charge is 2.41. The number of aromatic nitrogens is 2. The highest BCUT2D eigenvalue weighted by molar-refractivity contribution is 5.48. The van der Waals surface area contributed by atoms with Gasteiger partial charge in [0.25, 0.3) is 0 Å². The lowest BCUT2D eigenvalue weighted by atomic mass is 9.73. The Bertz CT molecular complexity index is 509. The van der Waals surface area contributed by atoms with Crippen molar-refractivity contribution in [2.75, 3.05) is 43.6 Å². The molecule has 0 saturated carbocycles. The molecule has 1 aliphatic heterocycles. The van der Waals surface area contributed by atoms with E-state index in [0.717, 1.165) is 37.2 Å². The summed E-state index contributed by atoms with van der Waals surface area (Å²) in [5.74, 6) is 1.54. The molecule has 1 aromatic heterocycles. The monoisotopic (exact) mass is 308 g/mol. The van der Waals surface area contributed by atoms with E-state index in [4.69, 9.17) is 0 Å². The van der Waals surface area contributed by atoms with Gasteiger partial charge in [-0.15, -0.1) is 0 Å². The van der Waals surface area contributed by atoms with Crippen molar-refractivity contribution in [1.82, 2.24) is 9.97 Å². The first-order chi connectivity index (χ1) is 10.4. The van der Waals surface area contributed by atoms with Gasteiger partial charge in [0.1, 0.15) is 5.82 Å². The van der Waals surface area contributed by atoms with Gasteiger partial charge in [-0.25, -0.2) is 4.98 Å². The molecular formula is C16H28N4O2. The smallest absolute Gasteiger partial charge is 0.227 e. The summed E-state index contributed by atoms with van der Waals surface area (Å²) < 4.78 is 0. The van der Waals surface area contributed by atoms with Crippen LogP contribution in [0.2, 0.25) is 0 Å². The number of piperidine rings is 1. The van der Waals surface area contributed by atoms with Gasteiger partial charge in [-0.2, -0.15) is 4.98 Å². The van der Waals surface area contributed by atoms with E-state index in [2.05, 4.69) is 16.9 Å². The molecule has 0 unspecified atom stereocenters. The van der Waals surface area contributed by atoms with Crippen LogP contribution in [0.15, 0.2) is 6.20 Å². The summed E-state index contributed by atoms with van der Waals surface area (Å²) in [5, 5.41) is 20.3. The Morgan fingerprint density at radius 2 is 2.18 bits per heavy atom. The average molecular weight is 308 g/mol. The van der Waals surface area contributed by atoms with Gasteiger partial charge >= 0.3 is 0 Å². The van der Waals surface area contributed by atoms with Crippen molar-refractivity contribution >= 4 is 11.8 Å². The maximum Gasteiger partial charge on any atom is 0.227 e. The van der Waals surface area contributed by atoms with E-state index in [1.54, 1.807) is 0 Å². The number of aryl methyl sites for hydroxylation is 1. The zero-order valence-corrected chi connectivity index (χ0v) is 14.1. The quantitative estimate of drug-likeness (QED) is 0.851. The van der Waals surface area contributed by atoms with Crippen molar-refractivity contribution in [3.63, 3.8) is 0 Å². The Balaban J connectivity index is 2.18. The molecule has 2 heterocycles. The summed E-state index contributed by atoms with van der Waals surface area (Å²) in [4.78, 5) is 13.0. The largest absolute Gasteiger partial charge is 0.396 e. The molecule has 22 heavy (non-hydrogen) atoms. The fraction of sp³-hybridized carbons (Fsp3) is 0.750. The minimum absolute atomic E-state index is 0.0353. The predicted molar refractivity (Wildman–Crippen MR) is 88.4 cm³/mol. The number of aliphatic hydroxyl groups is 2. The second-order valence-corrected chi connectivity index (χ2v) is 6.55. The molecule has 2 rings (SSSR count). The van der Waals surface area contributed by atoms with E-state index in [1.807, 2.05) is 37.0 Å². The lowest BCUT2D eigenvalue weighted by Gasteiger charge is -2.44. The zero-order chi connectivity index (χ0) is 16.3. The second kappa shape index (κ2) is 6.79. The van der Waals surface area contributed by atoms with Crippen LogP contribution in [0, 0.1) is 12.3 Å². The number of rotatable bonds is 5. The molecule has 0 aromatic carbocycles. The summed E-state index contributed by atoms with van der Waals surface area (Å²) in [6.45, 7) is 5.34. The summed E-state index contributed by atoms with van der Waals surface area (Å²) >= 11 is 0. The van der Waals surface area contributed by atoms with Gasteiger partial charge < -0.3 is 20.0 Å². The van der Waals surface area contributed by atoms with Gasteiger partial charge in [-0.3, -0.25) is 0 Å². The van der Waals surface area contributed by atoms with Gasteiger partial charge in [0, 0.05) is 44.4 Å². The van der Waals surface area contributed by atoms with Crippen molar-refractivity contribution in [2.24, 2.45) is 5.41 Å². The highest BCUT2D eigenvalue weighted by atomic mass is 16.3. The molecule has 0 radical (unpaired) electrons. The van der Waals surface area contributed by atoms with Crippen LogP contribution in [0.1, 0.15) is 31.7 Å². The SMILES string of the molecule is CCC[C@]1(CO)CCN(c2ncc(C)c(N(C)C)n2)C[C@@H]1O. The fourth-order valence-electron chi connectivity index (χ4n) is 3.28. The average Bonchev–Trinajstić information content (AvgIpc) is 2.50. The molecule has 6 heteroatoms. The third kappa shape index (κ3) is 3.17. The summed E-state index contributed by atoms with van der Waals surface area (Å²) in [6, 6.07) is 0. The number of anilines is 2. The molecule has 6 nitrogen and oxygen atoms in total. The Hall–Kier alpha value is -1.40. The molecule has 1 fully saturated rings.